The highest BCUT2D eigenvalue weighted by atomic mass is 35.5. The predicted molar refractivity (Wildman–Crippen MR) is 129 cm³/mol. The van der Waals surface area contributed by atoms with Crippen molar-refractivity contribution in [1.29, 1.82) is 0 Å². The molecule has 0 radical (unpaired) electrons. The number of aliphatic hydroxyl groups excluding tert-OH is 1. The maximum absolute atomic E-state index is 13.4. The molecule has 1 aliphatic rings. The van der Waals surface area contributed by atoms with Crippen molar-refractivity contribution in [1.82, 2.24) is 4.98 Å². The Morgan fingerprint density at radius 2 is 1.97 bits per heavy atom. The molecule has 8 heteroatoms. The molecule has 6 nitrogen and oxygen atoms in total. The maximum Gasteiger partial charge on any atom is 0.232 e. The van der Waals surface area contributed by atoms with Crippen LogP contribution in [0.2, 0.25) is 5.02 Å². The number of rotatable bonds is 8. The Bertz CT molecular complexity index is 1230. The molecule has 1 fully saturated rings. The van der Waals surface area contributed by atoms with Gasteiger partial charge in [0, 0.05) is 31.5 Å². The first kappa shape index (κ1) is 23.5. The van der Waals surface area contributed by atoms with E-state index in [0.717, 1.165) is 29.8 Å². The Balaban J connectivity index is 1.60. The lowest BCUT2D eigenvalue weighted by molar-refractivity contribution is 0.216. The molecular weight excluding hydrogens is 460 g/mol. The van der Waals surface area contributed by atoms with E-state index >= 15 is 0 Å². The molecule has 174 valence electrons. The van der Waals surface area contributed by atoms with Gasteiger partial charge in [-0.25, -0.2) is 13.4 Å². The number of halogens is 1. The molecule has 0 aliphatic carbocycles. The van der Waals surface area contributed by atoms with Gasteiger partial charge in [0.15, 0.2) is 0 Å². The fourth-order valence-electron chi connectivity index (χ4n) is 4.20. The molecule has 1 aliphatic heterocycles. The first-order valence-corrected chi connectivity index (χ1v) is 12.9. The maximum atomic E-state index is 13.4. The van der Waals surface area contributed by atoms with Crippen LogP contribution in [0.25, 0.3) is 0 Å². The third kappa shape index (κ3) is 5.00. The summed E-state index contributed by atoms with van der Waals surface area (Å²) >= 11 is 6.17. The summed E-state index contributed by atoms with van der Waals surface area (Å²) in [5, 5.41) is 10.1. The molecule has 0 bridgehead atoms. The van der Waals surface area contributed by atoms with Crippen LogP contribution in [-0.4, -0.2) is 44.3 Å². The lowest BCUT2D eigenvalue weighted by Gasteiger charge is -2.23. The van der Waals surface area contributed by atoms with Crippen LogP contribution in [0.5, 0.6) is 5.88 Å². The second kappa shape index (κ2) is 10.1. The predicted octanol–water partition coefficient (Wildman–Crippen LogP) is 4.32. The molecule has 2 heterocycles. The molecule has 1 saturated heterocycles. The highest BCUT2D eigenvalue weighted by Gasteiger charge is 2.28. The van der Waals surface area contributed by atoms with Gasteiger partial charge in [0.25, 0.3) is 0 Å². The highest BCUT2D eigenvalue weighted by Crippen LogP contribution is 2.32. The third-order valence-corrected chi connectivity index (χ3v) is 8.01. The largest absolute Gasteiger partial charge is 0.471 e. The number of aromatic nitrogens is 1. The van der Waals surface area contributed by atoms with Crippen LogP contribution in [0.15, 0.2) is 70.6 Å². The van der Waals surface area contributed by atoms with Gasteiger partial charge in [-0.05, 0) is 60.4 Å². The Hall–Kier alpha value is -2.61. The van der Waals surface area contributed by atoms with Crippen molar-refractivity contribution in [3.8, 4) is 5.88 Å². The SMILES string of the molecule is CCc1ccccc1S(=O)(=O)c1ccc(N2CCC(Oc3ncccc3Cl)C2)c(CCO)c1. The Labute approximate surface area is 199 Å². The molecule has 33 heavy (non-hydrogen) atoms. The molecule has 2 aromatic carbocycles. The van der Waals surface area contributed by atoms with Gasteiger partial charge < -0.3 is 14.7 Å². The number of anilines is 1. The smallest absolute Gasteiger partial charge is 0.232 e. The second-order valence-electron chi connectivity index (χ2n) is 7.99. The fraction of sp³-hybridized carbons (Fsp3) is 0.320. The minimum Gasteiger partial charge on any atom is -0.471 e. The van der Waals surface area contributed by atoms with E-state index in [0.29, 0.717) is 35.2 Å². The lowest BCUT2D eigenvalue weighted by Crippen LogP contribution is -2.26. The molecular formula is C25H27ClN2O4S. The van der Waals surface area contributed by atoms with Gasteiger partial charge in [-0.3, -0.25) is 0 Å². The summed E-state index contributed by atoms with van der Waals surface area (Å²) < 4.78 is 32.7. The molecule has 3 aromatic rings. The molecule has 1 atom stereocenters. The van der Waals surface area contributed by atoms with E-state index in [1.54, 1.807) is 42.6 Å². The zero-order chi connectivity index (χ0) is 23.4. The second-order valence-corrected chi connectivity index (χ2v) is 10.3. The van der Waals surface area contributed by atoms with Crippen molar-refractivity contribution >= 4 is 27.1 Å². The Morgan fingerprint density at radius 3 is 2.73 bits per heavy atom. The number of pyridine rings is 1. The number of aliphatic hydroxyl groups is 1. The molecule has 0 spiro atoms. The van der Waals surface area contributed by atoms with Gasteiger partial charge in [-0.1, -0.05) is 36.7 Å². The van der Waals surface area contributed by atoms with Crippen LogP contribution < -0.4 is 9.64 Å². The van der Waals surface area contributed by atoms with Crippen LogP contribution in [0.3, 0.4) is 0 Å². The van der Waals surface area contributed by atoms with Gasteiger partial charge in [-0.2, -0.15) is 0 Å². The molecule has 1 unspecified atom stereocenters. The molecule has 1 aromatic heterocycles. The van der Waals surface area contributed by atoms with Crippen molar-refractivity contribution in [3.63, 3.8) is 0 Å². The number of benzene rings is 2. The lowest BCUT2D eigenvalue weighted by atomic mass is 10.1. The number of hydrogen-bond donors (Lipinski definition) is 1. The van der Waals surface area contributed by atoms with Crippen LogP contribution in [0.4, 0.5) is 5.69 Å². The van der Waals surface area contributed by atoms with Crippen LogP contribution in [0, 0.1) is 0 Å². The summed E-state index contributed by atoms with van der Waals surface area (Å²) in [6.45, 7) is 3.24. The summed E-state index contributed by atoms with van der Waals surface area (Å²) in [6, 6.07) is 15.8. The standard InChI is InChI=1S/C25H27ClN2O4S/c1-2-18-6-3-4-8-24(18)33(30,31)21-9-10-23(19(16-21)12-15-29)28-14-11-20(17-28)32-25-22(26)7-5-13-27-25/h3-10,13,16,20,29H,2,11-12,14-15,17H2,1H3. The van der Waals surface area contributed by atoms with Crippen LogP contribution in [0.1, 0.15) is 24.5 Å². The number of sulfone groups is 1. The number of hydrogen-bond acceptors (Lipinski definition) is 6. The van der Waals surface area contributed by atoms with Crippen molar-refractivity contribution in [2.75, 3.05) is 24.6 Å². The van der Waals surface area contributed by atoms with E-state index in [1.807, 2.05) is 25.1 Å². The van der Waals surface area contributed by atoms with E-state index in [4.69, 9.17) is 16.3 Å². The molecule has 4 rings (SSSR count). The first-order chi connectivity index (χ1) is 15.9. The summed E-state index contributed by atoms with van der Waals surface area (Å²) in [6.07, 6.45) is 3.34. The fourth-order valence-corrected chi connectivity index (χ4v) is 5.98. The summed E-state index contributed by atoms with van der Waals surface area (Å²) in [5.74, 6) is 0.414. The average Bonchev–Trinajstić information content (AvgIpc) is 3.29. The van der Waals surface area contributed by atoms with E-state index in [9.17, 15) is 13.5 Å². The molecule has 1 N–H and O–H groups in total. The number of nitrogens with zero attached hydrogens (tertiary/aromatic N) is 2. The van der Waals surface area contributed by atoms with Gasteiger partial charge in [0.05, 0.1) is 16.3 Å². The summed E-state index contributed by atoms with van der Waals surface area (Å²) in [5.41, 5.74) is 2.49. The van der Waals surface area contributed by atoms with Gasteiger partial charge in [0.2, 0.25) is 15.7 Å². The van der Waals surface area contributed by atoms with Crippen molar-refractivity contribution < 1.29 is 18.3 Å². The summed E-state index contributed by atoms with van der Waals surface area (Å²) in [7, 11) is -3.67. The monoisotopic (exact) mass is 486 g/mol. The van der Waals surface area contributed by atoms with E-state index in [-0.39, 0.29) is 17.6 Å². The van der Waals surface area contributed by atoms with E-state index < -0.39 is 9.84 Å². The minimum atomic E-state index is -3.67. The Morgan fingerprint density at radius 1 is 1.15 bits per heavy atom. The van der Waals surface area contributed by atoms with Gasteiger partial charge >= 0.3 is 0 Å². The number of ether oxygens (including phenoxy) is 1. The van der Waals surface area contributed by atoms with Crippen LogP contribution >= 0.6 is 11.6 Å². The minimum absolute atomic E-state index is 0.0701. The normalized spacial score (nSPS) is 16.2. The Kier molecular flexibility index (Phi) is 7.22. The van der Waals surface area contributed by atoms with E-state index in [2.05, 4.69) is 9.88 Å². The molecule has 0 amide bonds. The van der Waals surface area contributed by atoms with Crippen molar-refractivity contribution in [2.24, 2.45) is 0 Å². The molecule has 0 saturated carbocycles. The average molecular weight is 487 g/mol. The summed E-state index contributed by atoms with van der Waals surface area (Å²) in [4.78, 5) is 6.92. The van der Waals surface area contributed by atoms with Gasteiger partial charge in [-0.15, -0.1) is 0 Å². The number of aryl methyl sites for hydroxylation is 1. The highest BCUT2D eigenvalue weighted by molar-refractivity contribution is 7.91. The van der Waals surface area contributed by atoms with Crippen molar-refractivity contribution in [3.05, 3.63) is 76.9 Å². The third-order valence-electron chi connectivity index (χ3n) is 5.87. The van der Waals surface area contributed by atoms with E-state index in [1.165, 1.54) is 0 Å². The van der Waals surface area contributed by atoms with Crippen molar-refractivity contribution in [2.45, 2.75) is 42.1 Å². The van der Waals surface area contributed by atoms with Crippen LogP contribution in [-0.2, 0) is 22.7 Å². The zero-order valence-electron chi connectivity index (χ0n) is 18.4. The topological polar surface area (TPSA) is 79.7 Å². The van der Waals surface area contributed by atoms with Gasteiger partial charge in [0.1, 0.15) is 11.1 Å². The quantitative estimate of drug-likeness (QED) is 0.510. The zero-order valence-corrected chi connectivity index (χ0v) is 20.0. The first-order valence-electron chi connectivity index (χ1n) is 11.0.